The van der Waals surface area contributed by atoms with Crippen LogP contribution in [-0.4, -0.2) is 22.9 Å². The van der Waals surface area contributed by atoms with Crippen LogP contribution in [0.2, 0.25) is 5.15 Å². The Kier molecular flexibility index (Phi) is 5.06. The minimum Gasteiger partial charge on any atom is -0.316 e. The third-order valence-corrected chi connectivity index (χ3v) is 4.50. The number of nitrogens with zero attached hydrogens (tertiary/aromatic N) is 2. The van der Waals surface area contributed by atoms with Gasteiger partial charge in [-0.15, -0.1) is 0 Å². The lowest BCUT2D eigenvalue weighted by Crippen LogP contribution is -2.28. The number of likely N-dealkylation sites (N-methyl/N-ethyl adjacent to an activating group) is 1. The second kappa shape index (κ2) is 6.58. The van der Waals surface area contributed by atoms with Crippen molar-refractivity contribution in [2.24, 2.45) is 7.05 Å². The SMILES string of the molecule is CNC(CC1=CCCCC1)Cc1c(C)nn(C)c1Cl. The van der Waals surface area contributed by atoms with E-state index in [1.54, 1.807) is 10.3 Å². The van der Waals surface area contributed by atoms with Gasteiger partial charge in [0.25, 0.3) is 0 Å². The highest BCUT2D eigenvalue weighted by Crippen LogP contribution is 2.25. The van der Waals surface area contributed by atoms with Gasteiger partial charge in [-0.1, -0.05) is 23.3 Å². The van der Waals surface area contributed by atoms with Gasteiger partial charge >= 0.3 is 0 Å². The predicted molar refractivity (Wildman–Crippen MR) is 80.7 cm³/mol. The molecule has 0 fully saturated rings. The monoisotopic (exact) mass is 281 g/mol. The average Bonchev–Trinajstić information content (AvgIpc) is 2.65. The van der Waals surface area contributed by atoms with Crippen LogP contribution in [0.1, 0.15) is 43.4 Å². The molecule has 1 aromatic heterocycles. The molecule has 0 amide bonds. The number of allylic oxidation sites excluding steroid dienone is 1. The Morgan fingerprint density at radius 3 is 2.74 bits per heavy atom. The molecule has 4 heteroatoms. The number of halogens is 1. The highest BCUT2D eigenvalue weighted by atomic mass is 35.5. The third-order valence-electron chi connectivity index (χ3n) is 4.02. The van der Waals surface area contributed by atoms with E-state index >= 15 is 0 Å². The molecule has 1 heterocycles. The van der Waals surface area contributed by atoms with Crippen molar-refractivity contribution in [1.29, 1.82) is 0 Å². The zero-order chi connectivity index (χ0) is 13.8. The molecule has 1 aromatic rings. The van der Waals surface area contributed by atoms with Crippen LogP contribution < -0.4 is 5.32 Å². The molecule has 0 saturated carbocycles. The van der Waals surface area contributed by atoms with E-state index in [1.807, 2.05) is 21.0 Å². The van der Waals surface area contributed by atoms with Gasteiger partial charge in [0.15, 0.2) is 0 Å². The van der Waals surface area contributed by atoms with E-state index in [-0.39, 0.29) is 0 Å². The van der Waals surface area contributed by atoms with Gasteiger partial charge in [0.05, 0.1) is 5.69 Å². The number of aromatic nitrogens is 2. The molecule has 0 bridgehead atoms. The van der Waals surface area contributed by atoms with Gasteiger partial charge < -0.3 is 5.32 Å². The van der Waals surface area contributed by atoms with Gasteiger partial charge in [0.1, 0.15) is 5.15 Å². The van der Waals surface area contributed by atoms with Crippen LogP contribution in [0, 0.1) is 6.92 Å². The van der Waals surface area contributed by atoms with Crippen LogP contribution in [0.5, 0.6) is 0 Å². The molecule has 1 N–H and O–H groups in total. The first-order valence-electron chi connectivity index (χ1n) is 7.15. The van der Waals surface area contributed by atoms with Crippen molar-refractivity contribution in [3.05, 3.63) is 28.1 Å². The van der Waals surface area contributed by atoms with Crippen molar-refractivity contribution in [1.82, 2.24) is 15.1 Å². The van der Waals surface area contributed by atoms with Crippen molar-refractivity contribution in [2.75, 3.05) is 7.05 Å². The smallest absolute Gasteiger partial charge is 0.130 e. The van der Waals surface area contributed by atoms with Crippen LogP contribution in [0.25, 0.3) is 0 Å². The molecule has 0 saturated heterocycles. The highest BCUT2D eigenvalue weighted by Gasteiger charge is 2.17. The molecule has 1 atom stereocenters. The van der Waals surface area contributed by atoms with Crippen LogP contribution in [-0.2, 0) is 13.5 Å². The van der Waals surface area contributed by atoms with E-state index in [1.165, 1.54) is 31.2 Å². The number of hydrogen-bond donors (Lipinski definition) is 1. The van der Waals surface area contributed by atoms with Gasteiger partial charge in [0.2, 0.25) is 0 Å². The molecule has 0 spiro atoms. The van der Waals surface area contributed by atoms with Crippen LogP contribution in [0.15, 0.2) is 11.6 Å². The van der Waals surface area contributed by atoms with E-state index in [2.05, 4.69) is 16.5 Å². The maximum Gasteiger partial charge on any atom is 0.130 e. The second-order valence-electron chi connectivity index (χ2n) is 5.48. The summed E-state index contributed by atoms with van der Waals surface area (Å²) < 4.78 is 1.76. The van der Waals surface area contributed by atoms with Crippen molar-refractivity contribution in [2.45, 2.75) is 51.5 Å². The zero-order valence-corrected chi connectivity index (χ0v) is 12.9. The number of aryl methyl sites for hydroxylation is 2. The Hall–Kier alpha value is -0.800. The summed E-state index contributed by atoms with van der Waals surface area (Å²) in [5.41, 5.74) is 3.83. The third kappa shape index (κ3) is 3.61. The van der Waals surface area contributed by atoms with Gasteiger partial charge in [-0.3, -0.25) is 4.68 Å². The Balaban J connectivity index is 2.04. The summed E-state index contributed by atoms with van der Waals surface area (Å²) in [7, 11) is 3.94. The second-order valence-corrected chi connectivity index (χ2v) is 5.84. The molecule has 0 radical (unpaired) electrons. The Labute approximate surface area is 121 Å². The first kappa shape index (κ1) is 14.6. The van der Waals surface area contributed by atoms with Gasteiger partial charge in [-0.05, 0) is 52.5 Å². The maximum absolute atomic E-state index is 6.32. The fraction of sp³-hybridized carbons (Fsp3) is 0.667. The standard InChI is InChI=1S/C15H24ClN3/c1-11-14(15(16)19(3)18-11)10-13(17-2)9-12-7-5-4-6-8-12/h7,13,17H,4-6,8-10H2,1-3H3. The summed E-state index contributed by atoms with van der Waals surface area (Å²) in [6.45, 7) is 2.04. The van der Waals surface area contributed by atoms with E-state index in [0.29, 0.717) is 6.04 Å². The summed E-state index contributed by atoms with van der Waals surface area (Å²) >= 11 is 6.32. The normalized spacial score (nSPS) is 17.4. The van der Waals surface area contributed by atoms with Crippen molar-refractivity contribution >= 4 is 11.6 Å². The molecule has 1 aliphatic rings. The fourth-order valence-corrected chi connectivity index (χ4v) is 3.09. The van der Waals surface area contributed by atoms with E-state index in [4.69, 9.17) is 11.6 Å². The summed E-state index contributed by atoms with van der Waals surface area (Å²) in [6.07, 6.45) is 9.70. The van der Waals surface area contributed by atoms with Gasteiger partial charge in [-0.25, -0.2) is 0 Å². The van der Waals surface area contributed by atoms with Crippen molar-refractivity contribution < 1.29 is 0 Å². The molecule has 0 aromatic carbocycles. The van der Waals surface area contributed by atoms with E-state index < -0.39 is 0 Å². The van der Waals surface area contributed by atoms with Gasteiger partial charge in [-0.2, -0.15) is 5.10 Å². The summed E-state index contributed by atoms with van der Waals surface area (Å²) in [6, 6.07) is 0.449. The van der Waals surface area contributed by atoms with E-state index in [0.717, 1.165) is 23.7 Å². The fourth-order valence-electron chi connectivity index (χ4n) is 2.83. The van der Waals surface area contributed by atoms with Crippen LogP contribution in [0.3, 0.4) is 0 Å². The molecular weight excluding hydrogens is 258 g/mol. The Bertz CT molecular complexity index is 462. The lowest BCUT2D eigenvalue weighted by Gasteiger charge is -2.20. The van der Waals surface area contributed by atoms with E-state index in [9.17, 15) is 0 Å². The molecular formula is C15H24ClN3. The lowest BCUT2D eigenvalue weighted by atomic mass is 9.92. The maximum atomic E-state index is 6.32. The first-order valence-corrected chi connectivity index (χ1v) is 7.52. The summed E-state index contributed by atoms with van der Waals surface area (Å²) in [4.78, 5) is 0. The highest BCUT2D eigenvalue weighted by molar-refractivity contribution is 6.30. The summed E-state index contributed by atoms with van der Waals surface area (Å²) in [5.74, 6) is 0. The lowest BCUT2D eigenvalue weighted by molar-refractivity contribution is 0.531. The molecule has 3 nitrogen and oxygen atoms in total. The minimum absolute atomic E-state index is 0.449. The van der Waals surface area contributed by atoms with Crippen LogP contribution >= 0.6 is 11.6 Å². The zero-order valence-electron chi connectivity index (χ0n) is 12.2. The predicted octanol–water partition coefficient (Wildman–Crippen LogP) is 3.40. The largest absolute Gasteiger partial charge is 0.316 e. The molecule has 1 unspecified atom stereocenters. The molecule has 106 valence electrons. The quantitative estimate of drug-likeness (QED) is 0.839. The number of nitrogens with one attached hydrogen (secondary N) is 1. The molecule has 0 aliphatic heterocycles. The van der Waals surface area contributed by atoms with Gasteiger partial charge in [0, 0.05) is 18.7 Å². The number of hydrogen-bond acceptors (Lipinski definition) is 2. The average molecular weight is 282 g/mol. The van der Waals surface area contributed by atoms with Crippen molar-refractivity contribution in [3.63, 3.8) is 0 Å². The number of rotatable bonds is 5. The first-order chi connectivity index (χ1) is 9.11. The minimum atomic E-state index is 0.449. The molecule has 2 rings (SSSR count). The van der Waals surface area contributed by atoms with Crippen molar-refractivity contribution in [3.8, 4) is 0 Å². The molecule has 19 heavy (non-hydrogen) atoms. The Morgan fingerprint density at radius 1 is 1.42 bits per heavy atom. The molecule has 1 aliphatic carbocycles. The topological polar surface area (TPSA) is 29.9 Å². The Morgan fingerprint density at radius 2 is 2.21 bits per heavy atom. The summed E-state index contributed by atoms with van der Waals surface area (Å²) in [5, 5.41) is 8.59. The van der Waals surface area contributed by atoms with Crippen LogP contribution in [0.4, 0.5) is 0 Å².